The molecular formula is C57H36O2. The molecule has 0 aliphatic heterocycles. The molecular weight excluding hydrogens is 717 g/mol. The predicted octanol–water partition coefficient (Wildman–Crippen LogP) is 16.3. The lowest BCUT2D eigenvalue weighted by molar-refractivity contribution is 0.633. The van der Waals surface area contributed by atoms with E-state index < -0.39 is 0 Å². The van der Waals surface area contributed by atoms with Crippen molar-refractivity contribution in [3.63, 3.8) is 0 Å². The third-order valence-electron chi connectivity index (χ3n) is 13.3. The van der Waals surface area contributed by atoms with E-state index in [9.17, 15) is 0 Å². The molecule has 13 rings (SSSR count). The van der Waals surface area contributed by atoms with Gasteiger partial charge in [0.15, 0.2) is 11.2 Å². The summed E-state index contributed by atoms with van der Waals surface area (Å²) >= 11 is 0. The molecule has 10 aromatic carbocycles. The predicted molar refractivity (Wildman–Crippen MR) is 247 cm³/mol. The highest BCUT2D eigenvalue weighted by molar-refractivity contribution is 6.26. The summed E-state index contributed by atoms with van der Waals surface area (Å²) in [6.07, 6.45) is 0. The highest BCUT2D eigenvalue weighted by Gasteiger charge is 2.35. The largest absolute Gasteiger partial charge is 0.452 e. The first-order valence-corrected chi connectivity index (χ1v) is 20.5. The van der Waals surface area contributed by atoms with Crippen LogP contribution in [0.2, 0.25) is 0 Å². The second-order valence-corrected chi connectivity index (χ2v) is 16.8. The minimum Gasteiger partial charge on any atom is -0.452 e. The lowest BCUT2D eigenvalue weighted by Gasteiger charge is -2.22. The molecule has 0 spiro atoms. The number of fused-ring (bicyclic) bond motifs is 16. The molecule has 0 radical (unpaired) electrons. The fourth-order valence-corrected chi connectivity index (χ4v) is 10.4. The maximum absolute atomic E-state index is 6.50. The highest BCUT2D eigenvalue weighted by atomic mass is 16.4. The molecule has 0 atom stereocenters. The summed E-state index contributed by atoms with van der Waals surface area (Å²) in [5.74, 6) is 0. The van der Waals surface area contributed by atoms with Gasteiger partial charge in [-0.15, -0.1) is 0 Å². The third-order valence-corrected chi connectivity index (χ3v) is 13.3. The van der Waals surface area contributed by atoms with Crippen molar-refractivity contribution >= 4 is 76.2 Å². The Kier molecular flexibility index (Phi) is 6.54. The Morgan fingerprint density at radius 1 is 0.288 bits per heavy atom. The normalized spacial score (nSPS) is 13.4. The van der Waals surface area contributed by atoms with E-state index in [0.29, 0.717) is 0 Å². The number of furan rings is 2. The van der Waals surface area contributed by atoms with Crippen LogP contribution in [-0.4, -0.2) is 0 Å². The Hall–Kier alpha value is -7.42. The van der Waals surface area contributed by atoms with Crippen LogP contribution in [0.15, 0.2) is 191 Å². The van der Waals surface area contributed by atoms with Gasteiger partial charge in [-0.3, -0.25) is 0 Å². The second-order valence-electron chi connectivity index (χ2n) is 16.8. The van der Waals surface area contributed by atoms with Crippen LogP contribution in [0.5, 0.6) is 0 Å². The molecule has 59 heavy (non-hydrogen) atoms. The third kappa shape index (κ3) is 4.57. The Labute approximate surface area is 340 Å². The van der Waals surface area contributed by atoms with Crippen LogP contribution < -0.4 is 0 Å². The van der Waals surface area contributed by atoms with Gasteiger partial charge < -0.3 is 8.83 Å². The first kappa shape index (κ1) is 32.6. The quantitative estimate of drug-likeness (QED) is 0.168. The molecule has 0 saturated heterocycles. The van der Waals surface area contributed by atoms with Gasteiger partial charge in [-0.2, -0.15) is 0 Å². The van der Waals surface area contributed by atoms with Crippen molar-refractivity contribution in [3.05, 3.63) is 193 Å². The average Bonchev–Trinajstić information content (AvgIpc) is 3.93. The van der Waals surface area contributed by atoms with Crippen molar-refractivity contribution in [2.24, 2.45) is 0 Å². The number of hydrogen-bond acceptors (Lipinski definition) is 2. The van der Waals surface area contributed by atoms with Crippen molar-refractivity contribution in [2.75, 3.05) is 0 Å². The number of hydrogen-bond donors (Lipinski definition) is 0. The maximum atomic E-state index is 6.50. The lowest BCUT2D eigenvalue weighted by atomic mass is 9.81. The van der Waals surface area contributed by atoms with E-state index in [4.69, 9.17) is 8.83 Å². The summed E-state index contributed by atoms with van der Waals surface area (Å²) in [5.41, 5.74) is 16.0. The minimum atomic E-state index is -0.0400. The summed E-state index contributed by atoms with van der Waals surface area (Å²) in [7, 11) is 0. The molecule has 0 N–H and O–H groups in total. The molecule has 2 nitrogen and oxygen atoms in total. The van der Waals surface area contributed by atoms with Gasteiger partial charge in [-0.05, 0) is 136 Å². The van der Waals surface area contributed by atoms with Crippen LogP contribution in [0.3, 0.4) is 0 Å². The van der Waals surface area contributed by atoms with Gasteiger partial charge >= 0.3 is 0 Å². The molecule has 1 aliphatic rings. The molecule has 2 heterocycles. The summed E-state index contributed by atoms with van der Waals surface area (Å²) in [6.45, 7) is 4.71. The van der Waals surface area contributed by atoms with Crippen molar-refractivity contribution in [3.8, 4) is 44.5 Å². The van der Waals surface area contributed by atoms with E-state index in [1.807, 2.05) is 12.1 Å². The summed E-state index contributed by atoms with van der Waals surface area (Å²) in [5, 5.41) is 11.9. The summed E-state index contributed by atoms with van der Waals surface area (Å²) in [6, 6.07) is 66.8. The van der Waals surface area contributed by atoms with E-state index in [-0.39, 0.29) is 5.41 Å². The maximum Gasteiger partial charge on any atom is 0.178 e. The van der Waals surface area contributed by atoms with E-state index in [1.165, 1.54) is 82.4 Å². The van der Waals surface area contributed by atoms with Gasteiger partial charge in [0.25, 0.3) is 0 Å². The van der Waals surface area contributed by atoms with Crippen LogP contribution in [-0.2, 0) is 5.41 Å². The van der Waals surface area contributed by atoms with Crippen molar-refractivity contribution < 1.29 is 8.83 Å². The fraction of sp³-hybridized carbons (Fsp3) is 0.0526. The van der Waals surface area contributed by atoms with Crippen LogP contribution in [0, 0.1) is 0 Å². The van der Waals surface area contributed by atoms with Crippen LogP contribution in [0.4, 0.5) is 0 Å². The molecule has 0 bridgehead atoms. The molecule has 0 unspecified atom stereocenters. The highest BCUT2D eigenvalue weighted by Crippen LogP contribution is 2.50. The molecule has 276 valence electrons. The van der Waals surface area contributed by atoms with Crippen molar-refractivity contribution in [1.29, 1.82) is 0 Å². The van der Waals surface area contributed by atoms with Gasteiger partial charge in [0.05, 0.1) is 0 Å². The number of para-hydroxylation sites is 1. The van der Waals surface area contributed by atoms with Gasteiger partial charge in [0.1, 0.15) is 11.2 Å². The smallest absolute Gasteiger partial charge is 0.178 e. The standard InChI is InChI=1S/C57H36O2/c1-57(2)51-17-9-7-15-43(51)44-25-20-34(32-52(44)57)33-19-23-41-42-24-21-35(30-49(42)40-14-6-5-13-39(40)48(41)29-33)37-11-3-4-12-38(37)36-22-28-54-50(31-36)47-27-26-46-45-16-8-10-18-53(45)58-55(46)56(47)59-54/h3-32H,1-2H3. The monoisotopic (exact) mass is 752 g/mol. The SMILES string of the molecule is CC1(C)c2ccccc2-c2ccc(-c3ccc4c5ccc(-c6ccccc6-c6ccc7oc8c(ccc9c%10ccccc%10oc98)c7c6)cc5c5ccccc5c4c3)cc21. The van der Waals surface area contributed by atoms with Crippen LogP contribution in [0.1, 0.15) is 25.0 Å². The van der Waals surface area contributed by atoms with Gasteiger partial charge in [-0.1, -0.05) is 147 Å². The Morgan fingerprint density at radius 3 is 1.44 bits per heavy atom. The van der Waals surface area contributed by atoms with Crippen LogP contribution in [0.25, 0.3) is 121 Å². The molecule has 0 amide bonds. The Bertz CT molecular complexity index is 3740. The zero-order valence-electron chi connectivity index (χ0n) is 32.6. The molecule has 0 saturated carbocycles. The first-order valence-electron chi connectivity index (χ1n) is 20.5. The number of benzene rings is 10. The minimum absolute atomic E-state index is 0.0400. The van der Waals surface area contributed by atoms with Gasteiger partial charge in [0.2, 0.25) is 0 Å². The summed E-state index contributed by atoms with van der Waals surface area (Å²) < 4.78 is 12.8. The first-order chi connectivity index (χ1) is 29.0. The topological polar surface area (TPSA) is 26.3 Å². The second kappa shape index (κ2) is 11.8. The fourth-order valence-electron chi connectivity index (χ4n) is 10.4. The zero-order chi connectivity index (χ0) is 39.0. The Balaban J connectivity index is 0.936. The molecule has 12 aromatic rings. The average molecular weight is 753 g/mol. The summed E-state index contributed by atoms with van der Waals surface area (Å²) in [4.78, 5) is 0. The molecule has 1 aliphatic carbocycles. The molecule has 0 fully saturated rings. The van der Waals surface area contributed by atoms with Crippen molar-refractivity contribution in [2.45, 2.75) is 19.3 Å². The van der Waals surface area contributed by atoms with E-state index in [1.54, 1.807) is 0 Å². The van der Waals surface area contributed by atoms with Crippen LogP contribution >= 0.6 is 0 Å². The Morgan fingerprint density at radius 2 is 0.729 bits per heavy atom. The van der Waals surface area contributed by atoms with E-state index >= 15 is 0 Å². The molecule has 2 heteroatoms. The van der Waals surface area contributed by atoms with E-state index in [0.717, 1.165) is 49.4 Å². The zero-order valence-corrected chi connectivity index (χ0v) is 32.6. The van der Waals surface area contributed by atoms with Gasteiger partial charge in [0, 0.05) is 27.0 Å². The van der Waals surface area contributed by atoms with Crippen molar-refractivity contribution in [1.82, 2.24) is 0 Å². The molecule has 2 aromatic heterocycles. The lowest BCUT2D eigenvalue weighted by Crippen LogP contribution is -2.14. The van der Waals surface area contributed by atoms with Gasteiger partial charge in [-0.25, -0.2) is 0 Å². The number of rotatable bonds is 3. The van der Waals surface area contributed by atoms with E-state index in [2.05, 4.69) is 184 Å².